The number of hydrogen-bond acceptors (Lipinski definition) is 3. The van der Waals surface area contributed by atoms with Gasteiger partial charge in [0.25, 0.3) is 20.4 Å². The molecule has 0 aliphatic rings. The molecule has 64 valence electrons. The van der Waals surface area contributed by atoms with Crippen molar-refractivity contribution in [3.63, 3.8) is 0 Å². The van der Waals surface area contributed by atoms with Crippen molar-refractivity contribution in [2.24, 2.45) is 0 Å². The zero-order valence-electron chi connectivity index (χ0n) is 6.41. The van der Waals surface area contributed by atoms with Crippen LogP contribution in [0.2, 0.25) is 0 Å². The Bertz CT molecular complexity index is 87.7. The third-order valence-corrected chi connectivity index (χ3v) is 0.603. The summed E-state index contributed by atoms with van der Waals surface area (Å²) in [6, 6.07) is 0. The maximum absolute atomic E-state index is 7.50. The summed E-state index contributed by atoms with van der Waals surface area (Å²) in [6.45, 7) is 15.5. The summed E-state index contributed by atoms with van der Waals surface area (Å²) in [5.74, 6) is 0. The minimum atomic E-state index is 1.81. The van der Waals surface area contributed by atoms with Gasteiger partial charge >= 0.3 is 46.1 Å². The standard InChI is InChI=1S/C5H7.3CO.Mn/c1-3-5-4-2;3*1-2;/h1,3-5H,2H3;;;;. The predicted octanol–water partition coefficient (Wildman–Crippen LogP) is 0.432. The molecule has 0 aromatic carbocycles. The fraction of sp³-hybridized carbons (Fsp3) is 0.125. The summed E-state index contributed by atoms with van der Waals surface area (Å²) in [4.78, 5) is 24.3. The van der Waals surface area contributed by atoms with Crippen LogP contribution in [-0.2, 0) is 30.4 Å². The maximum atomic E-state index is 7.50. The zero-order valence-corrected chi connectivity index (χ0v) is 7.59. The fourth-order valence-electron chi connectivity index (χ4n) is 0.153. The van der Waals surface area contributed by atoms with E-state index in [0.29, 0.717) is 0 Å². The van der Waals surface area contributed by atoms with E-state index in [1.807, 2.05) is 30.1 Å². The van der Waals surface area contributed by atoms with Crippen LogP contribution in [0.15, 0.2) is 23.2 Å². The summed E-state index contributed by atoms with van der Waals surface area (Å²) < 4.78 is 0. The van der Waals surface area contributed by atoms with Gasteiger partial charge in [-0.1, -0.05) is 0 Å². The molecular formula is C8H7MnO3. The van der Waals surface area contributed by atoms with E-state index in [1.54, 1.807) is 0 Å². The fourth-order valence-corrected chi connectivity index (χ4v) is 0.284. The van der Waals surface area contributed by atoms with E-state index in [1.165, 1.54) is 0 Å². The molecule has 6 radical (unpaired) electrons. The first-order valence-electron chi connectivity index (χ1n) is 2.41. The quantitative estimate of drug-likeness (QED) is 0.461. The second kappa shape index (κ2) is 89.7. The van der Waals surface area contributed by atoms with Crippen molar-refractivity contribution in [1.29, 1.82) is 0 Å². The number of allylic oxidation sites excluding steroid dienone is 3. The number of rotatable bonds is 1. The van der Waals surface area contributed by atoms with Crippen LogP contribution in [0.5, 0.6) is 0 Å². The Morgan fingerprint density at radius 1 is 0.917 bits per heavy atom. The molecular weight excluding hydrogens is 199 g/mol. The van der Waals surface area contributed by atoms with E-state index in [2.05, 4.69) is 36.4 Å². The first-order chi connectivity index (χ1) is 5.91. The zero-order chi connectivity index (χ0) is 10.8. The van der Waals surface area contributed by atoms with Crippen LogP contribution < -0.4 is 0 Å². The van der Waals surface area contributed by atoms with E-state index < -0.39 is 0 Å². The van der Waals surface area contributed by atoms with Crippen LogP contribution in [0.25, 0.3) is 0 Å². The molecule has 0 rings (SSSR count). The second-order valence-electron chi connectivity index (χ2n) is 0.844. The Morgan fingerprint density at radius 2 is 1.25 bits per heavy atom. The summed E-state index contributed by atoms with van der Waals surface area (Å²) in [7, 11) is 0. The van der Waals surface area contributed by atoms with Crippen LogP contribution in [0.1, 0.15) is 6.92 Å². The number of hydrogen-bond donors (Lipinski definition) is 0. The van der Waals surface area contributed by atoms with Crippen LogP contribution in [0, 0.1) is 0 Å². The van der Waals surface area contributed by atoms with Crippen molar-refractivity contribution < 1.29 is 30.4 Å². The van der Waals surface area contributed by atoms with Crippen molar-refractivity contribution in [2.45, 2.75) is 6.92 Å². The van der Waals surface area contributed by atoms with Crippen LogP contribution in [0.3, 0.4) is 0 Å². The molecule has 0 aromatic rings. The molecule has 0 bridgehead atoms. The van der Waals surface area contributed by atoms with Gasteiger partial charge in [-0.15, -0.1) is 0 Å². The van der Waals surface area contributed by atoms with Gasteiger partial charge in [0.1, 0.15) is 0 Å². The van der Waals surface area contributed by atoms with Gasteiger partial charge in [0, 0.05) is 0 Å². The largest absolute Gasteiger partial charge is 0.281 e. The maximum Gasteiger partial charge on any atom is 0.281 e. The summed E-state index contributed by atoms with van der Waals surface area (Å²) in [5.41, 5.74) is 0. The smallest absolute Gasteiger partial charge is 0.281 e. The summed E-state index contributed by atoms with van der Waals surface area (Å²) >= 11 is 3.12. The van der Waals surface area contributed by atoms with Crippen molar-refractivity contribution >= 4 is 20.4 Å². The average molecular weight is 206 g/mol. The Balaban J connectivity index is -0.0000000453. The number of carbonyl (C=O) groups excluding carboxylic acids is 3. The Hall–Kier alpha value is -0.991. The minimum absolute atomic E-state index is 1.81. The van der Waals surface area contributed by atoms with Crippen molar-refractivity contribution in [1.82, 2.24) is 0 Å². The van der Waals surface area contributed by atoms with Gasteiger partial charge in [-0.25, -0.2) is 0 Å². The van der Waals surface area contributed by atoms with Gasteiger partial charge in [0.15, 0.2) is 0 Å². The van der Waals surface area contributed by atoms with Gasteiger partial charge < -0.3 is 0 Å². The minimum Gasteiger partial charge on any atom is -0.281 e. The molecule has 0 aliphatic heterocycles. The second-order valence-corrected chi connectivity index (χ2v) is 1.24. The molecule has 0 heterocycles. The van der Waals surface area contributed by atoms with Crippen LogP contribution in [-0.4, -0.2) is 20.4 Å². The average Bonchev–Trinajstić information content (AvgIpc) is 2.24. The van der Waals surface area contributed by atoms with Crippen molar-refractivity contribution in [2.75, 3.05) is 0 Å². The molecule has 12 heavy (non-hydrogen) atoms. The topological polar surface area (TPSA) is 51.2 Å². The van der Waals surface area contributed by atoms with Crippen molar-refractivity contribution in [3.05, 3.63) is 23.2 Å². The van der Waals surface area contributed by atoms with E-state index in [-0.39, 0.29) is 0 Å². The van der Waals surface area contributed by atoms with E-state index in [0.717, 1.165) is 0 Å². The third-order valence-electron chi connectivity index (χ3n) is 0.376. The Labute approximate surface area is 81.4 Å². The first kappa shape index (κ1) is 22.5. The molecule has 0 saturated carbocycles. The summed E-state index contributed by atoms with van der Waals surface area (Å²) in [5, 5.41) is 0. The van der Waals surface area contributed by atoms with Gasteiger partial charge in [0.05, 0.1) is 0 Å². The molecule has 3 nitrogen and oxygen atoms in total. The Morgan fingerprint density at radius 3 is 1.33 bits per heavy atom. The molecule has 0 amide bonds. The van der Waals surface area contributed by atoms with Gasteiger partial charge in [-0.3, -0.25) is 14.4 Å². The van der Waals surface area contributed by atoms with E-state index in [9.17, 15) is 0 Å². The van der Waals surface area contributed by atoms with Crippen molar-refractivity contribution in [3.8, 4) is 0 Å². The summed E-state index contributed by atoms with van der Waals surface area (Å²) in [6.07, 6.45) is 5.84. The molecule has 0 aliphatic carbocycles. The molecule has 4 heteroatoms. The normalized spacial score (nSPS) is 6.83. The van der Waals surface area contributed by atoms with Crippen LogP contribution >= 0.6 is 0 Å². The van der Waals surface area contributed by atoms with Gasteiger partial charge in [-0.05, 0) is 0 Å². The molecule has 0 unspecified atom stereocenters. The van der Waals surface area contributed by atoms with E-state index >= 15 is 0 Å². The predicted molar refractivity (Wildman–Crippen MR) is 41.0 cm³/mol. The molecule has 0 saturated heterocycles. The molecule has 0 atom stereocenters. The Kier molecular flexibility index (Phi) is 168. The monoisotopic (exact) mass is 206 g/mol. The first-order valence-corrected chi connectivity index (χ1v) is 3.09. The van der Waals surface area contributed by atoms with Crippen LogP contribution in [0.4, 0.5) is 0 Å². The molecule has 0 N–H and O–H groups in total. The SMILES string of the molecule is CC=CC=[CH][Mn].[C]=O.[C]=O.[C]=O. The molecule has 0 aromatic heterocycles. The third kappa shape index (κ3) is 143. The molecule has 0 spiro atoms. The molecule has 0 fully saturated rings. The van der Waals surface area contributed by atoms with E-state index in [4.69, 9.17) is 14.4 Å². The van der Waals surface area contributed by atoms with Gasteiger partial charge in [-0.2, -0.15) is 0 Å². The van der Waals surface area contributed by atoms with Gasteiger partial charge in [0.2, 0.25) is 0 Å².